The van der Waals surface area contributed by atoms with Crippen molar-refractivity contribution in [1.82, 2.24) is 0 Å². The van der Waals surface area contributed by atoms with Gasteiger partial charge in [0.05, 0.1) is 50.3 Å². The van der Waals surface area contributed by atoms with E-state index in [9.17, 15) is 76.6 Å². The summed E-state index contributed by atoms with van der Waals surface area (Å²) in [7, 11) is 0. The van der Waals surface area contributed by atoms with Crippen LogP contribution in [0.3, 0.4) is 0 Å². The average molecular weight is 1100 g/mol. The van der Waals surface area contributed by atoms with Gasteiger partial charge < -0.3 is 114 Å². The predicted molar refractivity (Wildman–Crippen MR) is 262 cm³/mol. The lowest BCUT2D eigenvalue weighted by molar-refractivity contribution is -0.378. The molecule has 8 rings (SSSR count). The van der Waals surface area contributed by atoms with Crippen LogP contribution in [0.15, 0.2) is 12.2 Å². The van der Waals surface area contributed by atoms with Crippen LogP contribution >= 0.6 is 0 Å². The van der Waals surface area contributed by atoms with E-state index in [4.69, 9.17) is 37.9 Å². The third kappa shape index (κ3) is 10.4. The summed E-state index contributed by atoms with van der Waals surface area (Å²) >= 11 is 0. The van der Waals surface area contributed by atoms with Crippen molar-refractivity contribution in [3.05, 3.63) is 12.2 Å². The van der Waals surface area contributed by atoms with Gasteiger partial charge in [-0.05, 0) is 117 Å². The number of aliphatic hydroxyl groups excluding tert-OH is 15. The molecule has 0 unspecified atom stereocenters. The number of hydrogen-bond acceptors (Lipinski definition) is 23. The largest absolute Gasteiger partial charge is 0.394 e. The summed E-state index contributed by atoms with van der Waals surface area (Å²) in [5.74, 6) is -0.689. The first-order valence-corrected chi connectivity index (χ1v) is 27.4. The van der Waals surface area contributed by atoms with Gasteiger partial charge >= 0.3 is 0 Å². The molecule has 23 nitrogen and oxygen atoms in total. The van der Waals surface area contributed by atoms with Crippen LogP contribution in [0.1, 0.15) is 106 Å². The Morgan fingerprint density at radius 3 is 1.71 bits per heavy atom. The summed E-state index contributed by atoms with van der Waals surface area (Å²) in [6, 6.07) is 0. The molecule has 0 aromatic rings. The van der Waals surface area contributed by atoms with Crippen LogP contribution in [0, 0.1) is 45.3 Å². The van der Waals surface area contributed by atoms with Gasteiger partial charge in [-0.3, -0.25) is 0 Å². The predicted octanol–water partition coefficient (Wildman–Crippen LogP) is -2.59. The molecule has 4 heterocycles. The lowest BCUT2D eigenvalue weighted by Crippen LogP contribution is -2.68. The minimum Gasteiger partial charge on any atom is -0.394 e. The molecule has 15 N–H and O–H groups in total. The second-order valence-corrected chi connectivity index (χ2v) is 25.3. The maximum absolute atomic E-state index is 12.8. The summed E-state index contributed by atoms with van der Waals surface area (Å²) in [4.78, 5) is 0. The van der Waals surface area contributed by atoms with Crippen molar-refractivity contribution in [3.63, 3.8) is 0 Å². The van der Waals surface area contributed by atoms with Crippen molar-refractivity contribution in [1.29, 1.82) is 0 Å². The molecule has 4 aliphatic carbocycles. The molecule has 440 valence electrons. The van der Waals surface area contributed by atoms with Crippen LogP contribution in [-0.4, -0.2) is 244 Å². The normalized spacial score (nSPS) is 52.5. The third-order valence-corrected chi connectivity index (χ3v) is 20.8. The van der Waals surface area contributed by atoms with E-state index >= 15 is 0 Å². The molecule has 0 radical (unpaired) electrons. The standard InChI is InChI=1S/C53H90O23/c1-22(2)24(57)10-16-53(8,76-47-43(68)39(64)37(62)29(73-47)21-69-45-41(66)36(61)28(20-56)70-45)23-9-14-52(7)33(23)25(58)17-31-50(5)13-12-32(49(3,4)30(50)11-15-51(31,52)6)74-48-44(40(65)35(60)27(19-55)72-48)75-46-42(67)38(63)34(59)26(18-54)71-46/h23-48,54-68H,1,9-21H2,2-8H3/t23-,24-,25+,26+,27+,28-,29+,30+,31+,32-,33-,34+,35+,36-,37+,38-,39-,40-,41+,42+,43+,44+,45+,46-,47-,48-,50-,51+,52+,53-/m0/s1. The van der Waals surface area contributed by atoms with E-state index in [2.05, 4.69) is 41.2 Å². The van der Waals surface area contributed by atoms with Gasteiger partial charge in [-0.15, -0.1) is 0 Å². The molecule has 0 aromatic carbocycles. The quantitative estimate of drug-likeness (QED) is 0.0525. The number of ether oxygens (including phenoxy) is 8. The van der Waals surface area contributed by atoms with E-state index in [0.29, 0.717) is 37.7 Å². The zero-order valence-corrected chi connectivity index (χ0v) is 44.9. The topological polar surface area (TPSA) is 377 Å². The van der Waals surface area contributed by atoms with Crippen molar-refractivity contribution >= 4 is 0 Å². The van der Waals surface area contributed by atoms with Gasteiger partial charge in [-0.2, -0.15) is 0 Å². The molecule has 0 amide bonds. The summed E-state index contributed by atoms with van der Waals surface area (Å²) in [6.07, 6.45) is -26.8. The zero-order valence-electron chi connectivity index (χ0n) is 44.9. The molecular formula is C53H90O23. The molecule has 0 aromatic heterocycles. The highest BCUT2D eigenvalue weighted by atomic mass is 16.8. The minimum absolute atomic E-state index is 0.00681. The fourth-order valence-electron chi connectivity index (χ4n) is 16.1. The van der Waals surface area contributed by atoms with Crippen LogP contribution in [0.2, 0.25) is 0 Å². The highest BCUT2D eigenvalue weighted by Gasteiger charge is 2.72. The van der Waals surface area contributed by atoms with Crippen molar-refractivity contribution in [3.8, 4) is 0 Å². The van der Waals surface area contributed by atoms with Gasteiger partial charge in [0.2, 0.25) is 0 Å². The van der Waals surface area contributed by atoms with Crippen molar-refractivity contribution in [2.75, 3.05) is 26.4 Å². The summed E-state index contributed by atoms with van der Waals surface area (Å²) in [5.41, 5.74) is -2.41. The van der Waals surface area contributed by atoms with Crippen molar-refractivity contribution in [2.45, 2.75) is 247 Å². The van der Waals surface area contributed by atoms with Gasteiger partial charge in [0.15, 0.2) is 25.2 Å². The first-order chi connectivity index (χ1) is 35.5. The molecule has 4 saturated carbocycles. The van der Waals surface area contributed by atoms with E-state index in [1.165, 1.54) is 0 Å². The second kappa shape index (κ2) is 22.9. The second-order valence-electron chi connectivity index (χ2n) is 25.3. The molecule has 0 bridgehead atoms. The van der Waals surface area contributed by atoms with Gasteiger partial charge in [-0.1, -0.05) is 46.8 Å². The fourth-order valence-corrected chi connectivity index (χ4v) is 16.1. The maximum atomic E-state index is 12.8. The Morgan fingerprint density at radius 1 is 0.592 bits per heavy atom. The Bertz CT molecular complexity index is 1970. The number of rotatable bonds is 17. The molecule has 4 aliphatic heterocycles. The first-order valence-electron chi connectivity index (χ1n) is 27.4. The lowest BCUT2D eigenvalue weighted by atomic mass is 9.35. The van der Waals surface area contributed by atoms with Crippen molar-refractivity contribution in [2.24, 2.45) is 45.3 Å². The van der Waals surface area contributed by atoms with E-state index in [1.807, 2.05) is 6.92 Å². The molecule has 30 atom stereocenters. The van der Waals surface area contributed by atoms with Gasteiger partial charge in [0, 0.05) is 0 Å². The summed E-state index contributed by atoms with van der Waals surface area (Å²) < 4.78 is 48.7. The Labute approximate surface area is 444 Å². The summed E-state index contributed by atoms with van der Waals surface area (Å²) in [5, 5.41) is 162. The zero-order chi connectivity index (χ0) is 55.9. The lowest BCUT2D eigenvalue weighted by Gasteiger charge is -2.71. The SMILES string of the molecule is C=C(C)[C@@H](O)CC[C@](C)(O[C@@H]1O[C@H](CO[C@@H]2O[C@@H](CO)[C@H](O)[C@H]2O)[C@@H](O)[C@H](O)[C@H]1O)[C@H]1CC[C@]2(C)[C@@H]1[C@H](O)C[C@@H]1[C@@]3(C)CC[C@H](O[C@@H]4O[C@H](CO)[C@@H](O)[C@H](O)[C@H]4O[C@@H]4O[C@H](CO)[C@@H](O)[C@H](O)[C@H]4O)C(C)(C)[C@H]3CC[C@]12C. The Hall–Kier alpha value is -1.18. The van der Waals surface area contributed by atoms with E-state index in [-0.39, 0.29) is 47.3 Å². The van der Waals surface area contributed by atoms with E-state index in [1.54, 1.807) is 6.92 Å². The smallest absolute Gasteiger partial charge is 0.187 e. The van der Waals surface area contributed by atoms with Gasteiger partial charge in [0.25, 0.3) is 0 Å². The molecule has 0 spiro atoms. The highest BCUT2D eigenvalue weighted by Crippen LogP contribution is 2.76. The highest BCUT2D eigenvalue weighted by molar-refractivity contribution is 5.20. The van der Waals surface area contributed by atoms with Crippen LogP contribution in [0.25, 0.3) is 0 Å². The van der Waals surface area contributed by atoms with Crippen LogP contribution in [0.4, 0.5) is 0 Å². The molecule has 76 heavy (non-hydrogen) atoms. The molecule has 8 aliphatic rings. The van der Waals surface area contributed by atoms with E-state index < -0.39 is 178 Å². The summed E-state index contributed by atoms with van der Waals surface area (Å²) in [6.45, 7) is 16.2. The Kier molecular flexibility index (Phi) is 18.3. The Balaban J connectivity index is 1.02. The monoisotopic (exact) mass is 1090 g/mol. The van der Waals surface area contributed by atoms with Crippen LogP contribution in [-0.2, 0) is 37.9 Å². The number of hydrogen-bond donors (Lipinski definition) is 15. The first kappa shape index (κ1) is 60.9. The molecule has 8 fully saturated rings. The molecule has 23 heteroatoms. The third-order valence-electron chi connectivity index (χ3n) is 20.8. The molecular weight excluding hydrogens is 1000 g/mol. The maximum Gasteiger partial charge on any atom is 0.187 e. The van der Waals surface area contributed by atoms with Crippen LogP contribution in [0.5, 0.6) is 0 Å². The van der Waals surface area contributed by atoms with E-state index in [0.717, 1.165) is 12.8 Å². The van der Waals surface area contributed by atoms with Gasteiger partial charge in [0.1, 0.15) is 91.6 Å². The average Bonchev–Trinajstić information content (AvgIpc) is 3.93. The van der Waals surface area contributed by atoms with Crippen LogP contribution < -0.4 is 0 Å². The minimum atomic E-state index is -1.82. The Morgan fingerprint density at radius 2 is 1.11 bits per heavy atom. The fraction of sp³-hybridized carbons (Fsp3) is 0.962. The molecule has 4 saturated heterocycles. The number of aliphatic hydroxyl groups is 15. The van der Waals surface area contributed by atoms with Gasteiger partial charge in [-0.25, -0.2) is 0 Å². The van der Waals surface area contributed by atoms with Crippen molar-refractivity contribution < 1.29 is 114 Å². The number of fused-ring (bicyclic) bond motifs is 5.